The van der Waals surface area contributed by atoms with E-state index in [4.69, 9.17) is 4.74 Å². The topological polar surface area (TPSA) is 53.0 Å². The van der Waals surface area contributed by atoms with Gasteiger partial charge in [0.1, 0.15) is 6.10 Å². The molecule has 4 unspecified atom stereocenters. The normalized spacial score (nSPS) is 50.1. The summed E-state index contributed by atoms with van der Waals surface area (Å²) in [5, 5.41) is 19.7. The van der Waals surface area contributed by atoms with E-state index in [1.54, 1.807) is 0 Å². The lowest BCUT2D eigenvalue weighted by Crippen LogP contribution is -2.45. The van der Waals surface area contributed by atoms with Crippen LogP contribution in [-0.2, 0) is 4.74 Å². The Bertz CT molecular complexity index is 217. The van der Waals surface area contributed by atoms with Gasteiger partial charge in [0.05, 0.1) is 17.3 Å². The van der Waals surface area contributed by atoms with E-state index >= 15 is 0 Å². The largest absolute Gasteiger partial charge is 0.390 e. The third kappa shape index (κ3) is 1.49. The highest BCUT2D eigenvalue weighted by Gasteiger charge is 2.60. The first-order valence-corrected chi connectivity index (χ1v) is 4.92. The number of fused-ring (bicyclic) bond motifs is 1. The summed E-state index contributed by atoms with van der Waals surface area (Å²) in [4.78, 5) is 0. The van der Waals surface area contributed by atoms with Crippen molar-refractivity contribution in [2.45, 2.75) is 57.0 Å². The third-order valence-electron chi connectivity index (χ3n) is 3.40. The second-order valence-corrected chi connectivity index (χ2v) is 5.18. The minimum Gasteiger partial charge on any atom is -0.390 e. The minimum absolute atomic E-state index is 0.0438. The lowest BCUT2D eigenvalue weighted by Gasteiger charge is -2.35. The Morgan fingerprint density at radius 1 is 1.46 bits per heavy atom. The van der Waals surface area contributed by atoms with E-state index < -0.39 is 11.2 Å². The van der Waals surface area contributed by atoms with Gasteiger partial charge in [0.2, 0.25) is 0 Å². The van der Waals surface area contributed by atoms with Gasteiger partial charge in [-0.3, -0.25) is 0 Å². The summed E-state index contributed by atoms with van der Waals surface area (Å²) in [5.74, 6) is 0.178. The molecule has 2 rings (SSSR count). The van der Waals surface area contributed by atoms with E-state index in [2.05, 4.69) is 0 Å². The number of epoxide rings is 1. The molecule has 0 bridgehead atoms. The first-order valence-electron chi connectivity index (χ1n) is 4.92. The Kier molecular flexibility index (Phi) is 1.79. The maximum Gasteiger partial charge on any atom is 0.113 e. The molecule has 76 valence electrons. The zero-order valence-electron chi connectivity index (χ0n) is 8.45. The van der Waals surface area contributed by atoms with Crippen LogP contribution in [0.15, 0.2) is 0 Å². The summed E-state index contributed by atoms with van der Waals surface area (Å²) in [6, 6.07) is 0. The smallest absolute Gasteiger partial charge is 0.113 e. The highest BCUT2D eigenvalue weighted by molar-refractivity contribution is 5.09. The molecule has 3 heteroatoms. The quantitative estimate of drug-likeness (QED) is 0.592. The van der Waals surface area contributed by atoms with Gasteiger partial charge in [-0.2, -0.15) is 0 Å². The van der Waals surface area contributed by atoms with Gasteiger partial charge >= 0.3 is 0 Å². The van der Waals surface area contributed by atoms with Crippen molar-refractivity contribution in [2.75, 3.05) is 0 Å². The van der Waals surface area contributed by atoms with Gasteiger partial charge in [-0.15, -0.1) is 0 Å². The molecule has 1 saturated heterocycles. The summed E-state index contributed by atoms with van der Waals surface area (Å²) < 4.78 is 5.42. The van der Waals surface area contributed by atoms with Gasteiger partial charge in [-0.25, -0.2) is 0 Å². The van der Waals surface area contributed by atoms with Gasteiger partial charge in [0, 0.05) is 5.92 Å². The van der Waals surface area contributed by atoms with Crippen LogP contribution in [0.2, 0.25) is 0 Å². The zero-order valence-corrected chi connectivity index (χ0v) is 8.45. The fourth-order valence-electron chi connectivity index (χ4n) is 2.44. The summed E-state index contributed by atoms with van der Waals surface area (Å²) >= 11 is 0. The molecule has 0 spiro atoms. The Hall–Kier alpha value is -0.120. The number of hydrogen-bond acceptors (Lipinski definition) is 3. The average molecular weight is 186 g/mol. The van der Waals surface area contributed by atoms with Crippen LogP contribution in [0.25, 0.3) is 0 Å². The van der Waals surface area contributed by atoms with E-state index in [-0.39, 0.29) is 18.1 Å². The Morgan fingerprint density at radius 2 is 2.08 bits per heavy atom. The van der Waals surface area contributed by atoms with E-state index in [0.29, 0.717) is 0 Å². The van der Waals surface area contributed by atoms with Crippen molar-refractivity contribution in [3.63, 3.8) is 0 Å². The van der Waals surface area contributed by atoms with Crippen molar-refractivity contribution in [1.82, 2.24) is 0 Å². The molecule has 2 fully saturated rings. The van der Waals surface area contributed by atoms with Gasteiger partial charge in [0.25, 0.3) is 0 Å². The molecule has 0 amide bonds. The summed E-state index contributed by atoms with van der Waals surface area (Å²) in [6.45, 7) is 5.45. The standard InChI is InChI=1S/C10H18O3/c1-9(2,11)6-4-5-10(3,12)8-7(6)13-8/h6-8,11-12H,4-5H2,1-3H3. The van der Waals surface area contributed by atoms with Gasteiger partial charge in [-0.1, -0.05) is 0 Å². The maximum atomic E-state index is 9.86. The van der Waals surface area contributed by atoms with Crippen LogP contribution in [-0.4, -0.2) is 33.6 Å². The summed E-state index contributed by atoms with van der Waals surface area (Å²) in [5.41, 5.74) is -1.36. The van der Waals surface area contributed by atoms with E-state index in [0.717, 1.165) is 12.8 Å². The summed E-state index contributed by atoms with van der Waals surface area (Å²) in [7, 11) is 0. The minimum atomic E-state index is -0.685. The molecule has 0 aromatic heterocycles. The van der Waals surface area contributed by atoms with E-state index in [9.17, 15) is 10.2 Å². The predicted octanol–water partition coefficient (Wildman–Crippen LogP) is 0.686. The molecule has 13 heavy (non-hydrogen) atoms. The van der Waals surface area contributed by atoms with Crippen LogP contribution in [0.4, 0.5) is 0 Å². The van der Waals surface area contributed by atoms with Crippen LogP contribution >= 0.6 is 0 Å². The molecule has 3 nitrogen and oxygen atoms in total. The van der Waals surface area contributed by atoms with Crippen LogP contribution in [0.3, 0.4) is 0 Å². The fraction of sp³-hybridized carbons (Fsp3) is 1.00. The van der Waals surface area contributed by atoms with Crippen molar-refractivity contribution >= 4 is 0 Å². The predicted molar refractivity (Wildman–Crippen MR) is 48.3 cm³/mol. The number of ether oxygens (including phenoxy) is 1. The molecule has 1 heterocycles. The van der Waals surface area contributed by atoms with Crippen molar-refractivity contribution in [2.24, 2.45) is 5.92 Å². The van der Waals surface area contributed by atoms with Crippen LogP contribution in [0.5, 0.6) is 0 Å². The monoisotopic (exact) mass is 186 g/mol. The molecule has 0 aromatic rings. The van der Waals surface area contributed by atoms with Crippen molar-refractivity contribution in [1.29, 1.82) is 0 Å². The summed E-state index contributed by atoms with van der Waals surface area (Å²) in [6.07, 6.45) is 1.60. The zero-order chi connectivity index (χ0) is 9.85. The van der Waals surface area contributed by atoms with E-state index in [1.807, 2.05) is 20.8 Å². The third-order valence-corrected chi connectivity index (χ3v) is 3.40. The second kappa shape index (κ2) is 2.47. The highest BCUT2D eigenvalue weighted by atomic mass is 16.6. The van der Waals surface area contributed by atoms with Crippen molar-refractivity contribution < 1.29 is 14.9 Å². The molecule has 0 aromatic carbocycles. The molecule has 2 N–H and O–H groups in total. The maximum absolute atomic E-state index is 9.86. The second-order valence-electron chi connectivity index (χ2n) is 5.18. The number of hydrogen-bond donors (Lipinski definition) is 2. The van der Waals surface area contributed by atoms with Crippen molar-refractivity contribution in [3.05, 3.63) is 0 Å². The first-order chi connectivity index (χ1) is 5.82. The number of rotatable bonds is 1. The Labute approximate surface area is 78.7 Å². The number of aliphatic hydroxyl groups is 2. The lowest BCUT2D eigenvalue weighted by atomic mass is 9.73. The van der Waals surface area contributed by atoms with Crippen LogP contribution < -0.4 is 0 Å². The van der Waals surface area contributed by atoms with Gasteiger partial charge in [-0.05, 0) is 33.6 Å². The SMILES string of the molecule is CC(C)(O)C1CCC(C)(O)C2OC12. The molecule has 2 aliphatic rings. The lowest BCUT2D eigenvalue weighted by molar-refractivity contribution is -0.0318. The van der Waals surface area contributed by atoms with Crippen LogP contribution in [0, 0.1) is 5.92 Å². The highest BCUT2D eigenvalue weighted by Crippen LogP contribution is 2.49. The molecule has 1 aliphatic carbocycles. The molecular weight excluding hydrogens is 168 g/mol. The molecule has 0 radical (unpaired) electrons. The van der Waals surface area contributed by atoms with Crippen LogP contribution in [0.1, 0.15) is 33.6 Å². The first kappa shape index (κ1) is 9.44. The fourth-order valence-corrected chi connectivity index (χ4v) is 2.44. The van der Waals surface area contributed by atoms with Gasteiger partial charge < -0.3 is 14.9 Å². The average Bonchev–Trinajstić information content (AvgIpc) is 2.62. The molecule has 4 atom stereocenters. The Morgan fingerprint density at radius 3 is 2.62 bits per heavy atom. The molecule has 1 aliphatic heterocycles. The Balaban J connectivity index is 2.08. The van der Waals surface area contributed by atoms with Gasteiger partial charge in [0.15, 0.2) is 0 Å². The molecular formula is C10H18O3. The van der Waals surface area contributed by atoms with Crippen molar-refractivity contribution in [3.8, 4) is 0 Å². The molecule has 1 saturated carbocycles. The van der Waals surface area contributed by atoms with E-state index in [1.165, 1.54) is 0 Å².